The summed E-state index contributed by atoms with van der Waals surface area (Å²) >= 11 is 0. The highest BCUT2D eigenvalue weighted by Gasteiger charge is 2.73. The maximum absolute atomic E-state index is 14.1. The van der Waals surface area contributed by atoms with E-state index in [4.69, 9.17) is 16.2 Å². The van der Waals surface area contributed by atoms with Crippen molar-refractivity contribution in [3.63, 3.8) is 0 Å². The lowest BCUT2D eigenvalue weighted by Gasteiger charge is -2.61. The molecule has 0 aromatic carbocycles. The van der Waals surface area contributed by atoms with E-state index in [0.29, 0.717) is 68.5 Å². The number of nitrogens with zero attached hydrogens (tertiary/aromatic N) is 1. The summed E-state index contributed by atoms with van der Waals surface area (Å²) in [5.74, 6) is 6.77. The van der Waals surface area contributed by atoms with Gasteiger partial charge in [0.15, 0.2) is 11.7 Å². The predicted molar refractivity (Wildman–Crippen MR) is 219 cm³/mol. The van der Waals surface area contributed by atoms with Crippen LogP contribution in [-0.4, -0.2) is 85.9 Å². The number of hydrogen-bond acceptors (Lipinski definition) is 9. The monoisotopic (exact) mass is 804 g/mol. The first-order valence-electron chi connectivity index (χ1n) is 22.5. The van der Waals surface area contributed by atoms with Gasteiger partial charge >= 0.3 is 5.97 Å². The van der Waals surface area contributed by atoms with E-state index < -0.39 is 52.2 Å². The van der Waals surface area contributed by atoms with Crippen LogP contribution in [0.25, 0.3) is 0 Å². The zero-order valence-electron chi connectivity index (χ0n) is 35.1. The second-order valence-corrected chi connectivity index (χ2v) is 21.0. The molecule has 0 spiro atoms. The standard InChI is InChI=1S/C47H69N3O8/c1-25-8-9-27-10-11-31-26(2)17-40(54)45(4,56)42-29(7-5-6-28(18-33(31)32(27)16-25)30-19-41(55)58-24-30)22-47(57)35-20-37(51)36-21-38(52)39(53)23-44(36,3)34(35)12-13-46(42,47)14-15-50-43(48)49/h10,20,25-26,28-34,36,38-40,42,52-54,56-57H,7-9,11-19,21-24H2,1-4H3,(H4,48,49,50). The minimum atomic E-state index is -1.66. The first-order chi connectivity index (χ1) is 27.4. The van der Waals surface area contributed by atoms with Gasteiger partial charge in [-0.2, -0.15) is 0 Å². The predicted octanol–water partition coefficient (Wildman–Crippen LogP) is 4.17. The average molecular weight is 804 g/mol. The van der Waals surface area contributed by atoms with Gasteiger partial charge in [0.2, 0.25) is 0 Å². The Kier molecular flexibility index (Phi) is 11.1. The first-order valence-corrected chi connectivity index (χ1v) is 22.5. The molecule has 11 heteroatoms. The molecule has 0 aromatic heterocycles. The van der Waals surface area contributed by atoms with Crippen molar-refractivity contribution in [2.45, 2.75) is 147 Å². The van der Waals surface area contributed by atoms with Gasteiger partial charge in [-0.15, -0.1) is 5.92 Å². The second kappa shape index (κ2) is 15.3. The van der Waals surface area contributed by atoms with Crippen LogP contribution in [0.5, 0.6) is 0 Å². The molecule has 18 unspecified atom stereocenters. The van der Waals surface area contributed by atoms with Gasteiger partial charge in [0.1, 0.15) is 0 Å². The van der Waals surface area contributed by atoms with Crippen LogP contribution in [0.4, 0.5) is 0 Å². The number of ketones is 1. The van der Waals surface area contributed by atoms with E-state index in [0.717, 1.165) is 25.7 Å². The van der Waals surface area contributed by atoms with Gasteiger partial charge in [0.05, 0.1) is 42.5 Å². The molecule has 1 aliphatic heterocycles. The molecule has 0 bridgehead atoms. The molecule has 9 N–H and O–H groups in total. The number of guanidine groups is 1. The van der Waals surface area contributed by atoms with Crippen molar-refractivity contribution in [3.8, 4) is 11.8 Å². The summed E-state index contributed by atoms with van der Waals surface area (Å²) in [7, 11) is 0. The molecule has 4 saturated carbocycles. The molecule has 1 saturated heterocycles. The number of esters is 1. The molecule has 11 nitrogen and oxygen atoms in total. The molecule has 8 aliphatic rings. The van der Waals surface area contributed by atoms with E-state index >= 15 is 0 Å². The molecular weight excluding hydrogens is 735 g/mol. The molecule has 320 valence electrons. The summed E-state index contributed by atoms with van der Waals surface area (Å²) in [6.45, 7) is 8.89. The third-order valence-electron chi connectivity index (χ3n) is 17.9. The Hall–Kier alpha value is -2.75. The molecule has 0 aromatic rings. The summed E-state index contributed by atoms with van der Waals surface area (Å²) in [5.41, 5.74) is 8.98. The van der Waals surface area contributed by atoms with E-state index in [-0.39, 0.29) is 79.0 Å². The largest absolute Gasteiger partial charge is 0.465 e. The number of fused-ring (bicyclic) bond motifs is 10. The topological polar surface area (TPSA) is 209 Å². The molecule has 7 aliphatic carbocycles. The maximum atomic E-state index is 14.1. The number of rotatable bonds is 4. The minimum absolute atomic E-state index is 0.0144. The fourth-order valence-corrected chi connectivity index (χ4v) is 15.0. The van der Waals surface area contributed by atoms with Gasteiger partial charge in [0.25, 0.3) is 0 Å². The number of aliphatic imine (C=N–C) groups is 1. The number of ether oxygens (including phenoxy) is 1. The van der Waals surface area contributed by atoms with E-state index in [1.165, 1.54) is 6.42 Å². The number of hydrogen-bond donors (Lipinski definition) is 7. The highest BCUT2D eigenvalue weighted by atomic mass is 16.5. The van der Waals surface area contributed by atoms with Gasteiger partial charge in [0, 0.05) is 42.1 Å². The van der Waals surface area contributed by atoms with Crippen molar-refractivity contribution in [3.05, 3.63) is 23.3 Å². The molecule has 5 fully saturated rings. The van der Waals surface area contributed by atoms with Gasteiger partial charge in [-0.1, -0.05) is 38.3 Å². The molecular formula is C47H69N3O8. The van der Waals surface area contributed by atoms with E-state index in [1.807, 2.05) is 6.92 Å². The lowest BCUT2D eigenvalue weighted by molar-refractivity contribution is -0.189. The maximum Gasteiger partial charge on any atom is 0.306 e. The van der Waals surface area contributed by atoms with Crippen molar-refractivity contribution in [2.24, 2.45) is 92.4 Å². The van der Waals surface area contributed by atoms with Crippen LogP contribution >= 0.6 is 0 Å². The quantitative estimate of drug-likeness (QED) is 0.0710. The summed E-state index contributed by atoms with van der Waals surface area (Å²) in [5, 5.41) is 60.9. The molecule has 18 atom stereocenters. The fraction of sp³-hybridized carbons (Fsp3) is 0.809. The summed E-state index contributed by atoms with van der Waals surface area (Å²) < 4.78 is 5.56. The average Bonchev–Trinajstić information content (AvgIpc) is 3.70. The SMILES string of the molecule is CC1CCC2=CCC3C(C)CC(O)C(C)(O)C4C(CC#CC(C5COC(=O)C5)CC3C2C1)CC1(O)C2=CC(=O)C3CC(O)C(O)CC3(C)C2CCC41CCN=C(N)N. The molecule has 0 amide bonds. The Morgan fingerprint density at radius 1 is 0.966 bits per heavy atom. The number of aliphatic hydroxyl groups is 5. The number of carbonyl (C=O) groups is 2. The first kappa shape index (κ1) is 42.0. The highest BCUT2D eigenvalue weighted by Crippen LogP contribution is 2.72. The van der Waals surface area contributed by atoms with Gasteiger partial charge in [-0.05, 0) is 142 Å². The van der Waals surface area contributed by atoms with E-state index in [2.05, 4.69) is 36.8 Å². The normalized spacial score (nSPS) is 50.2. The van der Waals surface area contributed by atoms with E-state index in [1.54, 1.807) is 18.6 Å². The van der Waals surface area contributed by atoms with Gasteiger partial charge in [-0.25, -0.2) is 0 Å². The van der Waals surface area contributed by atoms with Crippen LogP contribution in [0, 0.1) is 87.8 Å². The molecule has 0 radical (unpaired) electrons. The van der Waals surface area contributed by atoms with E-state index in [9.17, 15) is 35.1 Å². The van der Waals surface area contributed by atoms with Gasteiger partial charge < -0.3 is 41.7 Å². The van der Waals surface area contributed by atoms with Crippen molar-refractivity contribution >= 4 is 17.7 Å². The zero-order chi connectivity index (χ0) is 41.5. The van der Waals surface area contributed by atoms with Crippen molar-refractivity contribution in [1.29, 1.82) is 0 Å². The number of allylic oxidation sites excluding steroid dienone is 3. The lowest BCUT2D eigenvalue weighted by Crippen LogP contribution is -2.64. The summed E-state index contributed by atoms with van der Waals surface area (Å²) in [6.07, 6.45) is 9.29. The molecule has 1 heterocycles. The third-order valence-corrected chi connectivity index (χ3v) is 17.9. The van der Waals surface area contributed by atoms with Crippen LogP contribution in [0.15, 0.2) is 28.3 Å². The summed E-state index contributed by atoms with van der Waals surface area (Å²) in [4.78, 5) is 31.1. The minimum Gasteiger partial charge on any atom is -0.465 e. The van der Waals surface area contributed by atoms with Gasteiger partial charge in [-0.3, -0.25) is 14.6 Å². The molecule has 8 rings (SSSR count). The summed E-state index contributed by atoms with van der Waals surface area (Å²) in [6, 6.07) is 0. The lowest BCUT2D eigenvalue weighted by atomic mass is 9.44. The van der Waals surface area contributed by atoms with Crippen molar-refractivity contribution in [1.82, 2.24) is 0 Å². The van der Waals surface area contributed by atoms with Crippen LogP contribution < -0.4 is 11.5 Å². The Labute approximate surface area is 344 Å². The van der Waals surface area contributed by atoms with Crippen molar-refractivity contribution in [2.75, 3.05) is 13.2 Å². The van der Waals surface area contributed by atoms with Crippen LogP contribution in [-0.2, 0) is 14.3 Å². The Morgan fingerprint density at radius 2 is 1.74 bits per heavy atom. The molecule has 58 heavy (non-hydrogen) atoms. The number of nitrogens with two attached hydrogens (primary N) is 2. The van der Waals surface area contributed by atoms with Crippen LogP contribution in [0.2, 0.25) is 0 Å². The van der Waals surface area contributed by atoms with Crippen LogP contribution in [0.3, 0.4) is 0 Å². The Balaban J connectivity index is 1.24. The second-order valence-electron chi connectivity index (χ2n) is 21.0. The Bertz CT molecular complexity index is 1790. The number of aliphatic hydroxyl groups excluding tert-OH is 3. The zero-order valence-corrected chi connectivity index (χ0v) is 35.1. The van der Waals surface area contributed by atoms with Crippen LogP contribution in [0.1, 0.15) is 118 Å². The number of carbonyl (C=O) groups excluding carboxylic acids is 2. The van der Waals surface area contributed by atoms with Crippen molar-refractivity contribution < 1.29 is 39.9 Å². The Morgan fingerprint density at radius 3 is 2.47 bits per heavy atom. The number of cyclic esters (lactones) is 1. The smallest absolute Gasteiger partial charge is 0.306 e. The third kappa shape index (κ3) is 6.80. The highest BCUT2D eigenvalue weighted by molar-refractivity contribution is 5.95. The fourth-order valence-electron chi connectivity index (χ4n) is 15.0.